The van der Waals surface area contributed by atoms with Crippen molar-refractivity contribution in [1.29, 1.82) is 0 Å². The number of rotatable bonds is 6. The molecule has 1 aliphatic heterocycles. The molecule has 0 radical (unpaired) electrons. The molecule has 5 rings (SSSR count). The lowest BCUT2D eigenvalue weighted by molar-refractivity contribution is -0.384. The summed E-state index contributed by atoms with van der Waals surface area (Å²) in [7, 11) is 0. The average Bonchev–Trinajstić information content (AvgIpc) is 3.24. The van der Waals surface area contributed by atoms with Crippen LogP contribution < -0.4 is 9.64 Å². The van der Waals surface area contributed by atoms with Crippen LogP contribution in [0.5, 0.6) is 5.75 Å². The van der Waals surface area contributed by atoms with E-state index >= 15 is 0 Å². The molecule has 0 N–H and O–H groups in total. The van der Waals surface area contributed by atoms with Gasteiger partial charge < -0.3 is 14.2 Å². The number of nitro groups is 1. The molecule has 1 aliphatic rings. The van der Waals surface area contributed by atoms with Crippen LogP contribution in [0.25, 0.3) is 16.6 Å². The van der Waals surface area contributed by atoms with Crippen LogP contribution in [0.15, 0.2) is 79.0 Å². The van der Waals surface area contributed by atoms with Crippen LogP contribution in [0.1, 0.15) is 25.8 Å². The van der Waals surface area contributed by atoms with Gasteiger partial charge in [0.15, 0.2) is 0 Å². The molecular weight excluding hydrogens is 414 g/mol. The molecular formula is C27H27N3O3. The first-order valence-corrected chi connectivity index (χ1v) is 11.3. The van der Waals surface area contributed by atoms with Gasteiger partial charge in [-0.2, -0.15) is 0 Å². The standard InChI is InChI=1S/C27H27N3O3/c1-27(2)13-15-28(26-9-4-3-8-24(26)27)16-17-33-23-10-11-25-20(18-23)12-14-29(25)21-6-5-7-22(19-21)30(31)32/h3-12,14,18-19H,13,15-17H2,1-2H3. The first-order valence-electron chi connectivity index (χ1n) is 11.3. The van der Waals surface area contributed by atoms with Crippen LogP contribution in [0.2, 0.25) is 0 Å². The number of hydrogen-bond acceptors (Lipinski definition) is 4. The Kier molecular flexibility index (Phi) is 5.29. The van der Waals surface area contributed by atoms with E-state index in [2.05, 4.69) is 43.0 Å². The van der Waals surface area contributed by atoms with E-state index in [-0.39, 0.29) is 16.0 Å². The SMILES string of the molecule is CC1(C)CCN(CCOc2ccc3c(ccn3-c3cccc([N+](=O)[O-])c3)c2)c2ccccc21. The zero-order valence-electron chi connectivity index (χ0n) is 18.9. The summed E-state index contributed by atoms with van der Waals surface area (Å²) < 4.78 is 8.07. The van der Waals surface area contributed by atoms with Crippen molar-refractivity contribution in [3.8, 4) is 11.4 Å². The summed E-state index contributed by atoms with van der Waals surface area (Å²) in [5.74, 6) is 0.824. The highest BCUT2D eigenvalue weighted by Crippen LogP contribution is 2.39. The van der Waals surface area contributed by atoms with Crippen molar-refractivity contribution < 1.29 is 9.66 Å². The smallest absolute Gasteiger partial charge is 0.271 e. The number of para-hydroxylation sites is 1. The third kappa shape index (κ3) is 4.04. The van der Waals surface area contributed by atoms with Gasteiger partial charge >= 0.3 is 0 Å². The molecule has 0 saturated heterocycles. The van der Waals surface area contributed by atoms with Gasteiger partial charge in [-0.25, -0.2) is 0 Å². The van der Waals surface area contributed by atoms with Crippen molar-refractivity contribution in [2.45, 2.75) is 25.7 Å². The molecule has 0 fully saturated rings. The lowest BCUT2D eigenvalue weighted by atomic mass is 9.78. The Bertz CT molecular complexity index is 1330. The Hall–Kier alpha value is -3.80. The van der Waals surface area contributed by atoms with Crippen LogP contribution in [0.4, 0.5) is 11.4 Å². The number of nitro benzene ring substituents is 1. The van der Waals surface area contributed by atoms with Gasteiger partial charge in [0.1, 0.15) is 12.4 Å². The molecule has 168 valence electrons. The van der Waals surface area contributed by atoms with Gasteiger partial charge in [0.25, 0.3) is 5.69 Å². The van der Waals surface area contributed by atoms with E-state index in [4.69, 9.17) is 4.74 Å². The number of ether oxygens (including phenoxy) is 1. The molecule has 0 unspecified atom stereocenters. The summed E-state index contributed by atoms with van der Waals surface area (Å²) in [5.41, 5.74) is 4.74. The second-order valence-corrected chi connectivity index (χ2v) is 9.17. The molecule has 0 aliphatic carbocycles. The van der Waals surface area contributed by atoms with Gasteiger partial charge in [-0.05, 0) is 53.8 Å². The number of non-ortho nitro benzene ring substituents is 1. The van der Waals surface area contributed by atoms with Crippen molar-refractivity contribution in [3.05, 3.63) is 94.7 Å². The minimum atomic E-state index is -0.372. The van der Waals surface area contributed by atoms with E-state index in [0.29, 0.717) is 6.61 Å². The van der Waals surface area contributed by atoms with E-state index in [1.54, 1.807) is 12.1 Å². The predicted molar refractivity (Wildman–Crippen MR) is 132 cm³/mol. The largest absolute Gasteiger partial charge is 0.492 e. The zero-order valence-corrected chi connectivity index (χ0v) is 18.9. The molecule has 0 amide bonds. The first kappa shape index (κ1) is 21.1. The monoisotopic (exact) mass is 441 g/mol. The van der Waals surface area contributed by atoms with Crippen LogP contribution in [0.3, 0.4) is 0 Å². The maximum atomic E-state index is 11.1. The minimum absolute atomic E-state index is 0.0805. The number of fused-ring (bicyclic) bond motifs is 2. The molecule has 0 spiro atoms. The van der Waals surface area contributed by atoms with E-state index in [0.717, 1.165) is 41.9 Å². The summed E-state index contributed by atoms with van der Waals surface area (Å²) in [6.45, 7) is 7.09. The lowest BCUT2D eigenvalue weighted by Crippen LogP contribution is -2.39. The van der Waals surface area contributed by atoms with Crippen molar-refractivity contribution in [3.63, 3.8) is 0 Å². The predicted octanol–water partition coefficient (Wildman–Crippen LogP) is 6.11. The highest BCUT2D eigenvalue weighted by molar-refractivity contribution is 5.83. The molecule has 0 saturated carbocycles. The summed E-state index contributed by atoms with van der Waals surface area (Å²) in [4.78, 5) is 13.2. The van der Waals surface area contributed by atoms with E-state index < -0.39 is 0 Å². The highest BCUT2D eigenvalue weighted by Gasteiger charge is 2.30. The molecule has 0 atom stereocenters. The fourth-order valence-electron chi connectivity index (χ4n) is 4.69. The Morgan fingerprint density at radius 2 is 1.88 bits per heavy atom. The molecule has 3 aromatic carbocycles. The van der Waals surface area contributed by atoms with Crippen LogP contribution >= 0.6 is 0 Å². The number of nitrogens with zero attached hydrogens (tertiary/aromatic N) is 3. The fourth-order valence-corrected chi connectivity index (χ4v) is 4.69. The van der Waals surface area contributed by atoms with E-state index in [1.807, 2.05) is 41.1 Å². The number of aromatic nitrogens is 1. The maximum Gasteiger partial charge on any atom is 0.271 e. The zero-order chi connectivity index (χ0) is 23.0. The molecule has 6 nitrogen and oxygen atoms in total. The van der Waals surface area contributed by atoms with Crippen molar-refractivity contribution in [2.24, 2.45) is 0 Å². The molecule has 0 bridgehead atoms. The molecule has 4 aromatic rings. The van der Waals surface area contributed by atoms with Gasteiger partial charge in [-0.3, -0.25) is 10.1 Å². The number of anilines is 1. The van der Waals surface area contributed by atoms with Gasteiger partial charge in [-0.15, -0.1) is 0 Å². The van der Waals surface area contributed by atoms with Crippen LogP contribution in [-0.4, -0.2) is 29.2 Å². The van der Waals surface area contributed by atoms with Crippen molar-refractivity contribution >= 4 is 22.3 Å². The average molecular weight is 442 g/mol. The van der Waals surface area contributed by atoms with Crippen molar-refractivity contribution in [1.82, 2.24) is 4.57 Å². The van der Waals surface area contributed by atoms with Gasteiger partial charge in [-0.1, -0.05) is 38.1 Å². The molecule has 1 aromatic heterocycles. The fraction of sp³-hybridized carbons (Fsp3) is 0.259. The molecule has 6 heteroatoms. The Morgan fingerprint density at radius 1 is 1.03 bits per heavy atom. The summed E-state index contributed by atoms with van der Waals surface area (Å²) in [6, 6.07) is 23.3. The molecule has 2 heterocycles. The van der Waals surface area contributed by atoms with E-state index in [1.165, 1.54) is 17.3 Å². The number of hydrogen-bond donors (Lipinski definition) is 0. The second kappa shape index (κ2) is 8.28. The van der Waals surface area contributed by atoms with Crippen LogP contribution in [0, 0.1) is 10.1 Å². The third-order valence-electron chi connectivity index (χ3n) is 6.59. The summed E-state index contributed by atoms with van der Waals surface area (Å²) in [6.07, 6.45) is 3.06. The number of benzene rings is 3. The van der Waals surface area contributed by atoms with Gasteiger partial charge in [0.2, 0.25) is 0 Å². The molecule has 33 heavy (non-hydrogen) atoms. The highest BCUT2D eigenvalue weighted by atomic mass is 16.6. The lowest BCUT2D eigenvalue weighted by Gasteiger charge is -2.40. The van der Waals surface area contributed by atoms with Gasteiger partial charge in [0.05, 0.1) is 22.7 Å². The Morgan fingerprint density at radius 3 is 2.73 bits per heavy atom. The maximum absolute atomic E-state index is 11.1. The topological polar surface area (TPSA) is 60.5 Å². The minimum Gasteiger partial charge on any atom is -0.492 e. The van der Waals surface area contributed by atoms with E-state index in [9.17, 15) is 10.1 Å². The van der Waals surface area contributed by atoms with Crippen molar-refractivity contribution in [2.75, 3.05) is 24.6 Å². The summed E-state index contributed by atoms with van der Waals surface area (Å²) in [5, 5.41) is 12.2. The quantitative estimate of drug-likeness (QED) is 0.268. The Labute approximate surface area is 193 Å². The third-order valence-corrected chi connectivity index (χ3v) is 6.59. The van der Waals surface area contributed by atoms with Crippen LogP contribution in [-0.2, 0) is 5.41 Å². The first-order chi connectivity index (χ1) is 15.9. The second-order valence-electron chi connectivity index (χ2n) is 9.17. The summed E-state index contributed by atoms with van der Waals surface area (Å²) >= 11 is 0. The Balaban J connectivity index is 1.29. The normalized spacial score (nSPS) is 14.8. The van der Waals surface area contributed by atoms with Gasteiger partial charge in [0, 0.05) is 35.9 Å².